The number of urea groups is 1. The summed E-state index contributed by atoms with van der Waals surface area (Å²) in [6.45, 7) is 0.888. The number of thioether (sulfide) groups is 1. The van der Waals surface area contributed by atoms with Crippen molar-refractivity contribution in [1.82, 2.24) is 15.5 Å². The standard InChI is InChI=1S/C12H20N4O3S/c1-20-7-2-8(13)9(17)16-5-3-12(4-6-16)10(18)14-11(19)15-12/h8H,2-7,13H2,1H3,(H2,14,15,18,19)/t8-/m0/s1. The Hall–Kier alpha value is -1.28. The van der Waals surface area contributed by atoms with Crippen LogP contribution in [0.25, 0.3) is 0 Å². The first kappa shape index (κ1) is 15.1. The van der Waals surface area contributed by atoms with Crippen molar-refractivity contribution in [3.63, 3.8) is 0 Å². The summed E-state index contributed by atoms with van der Waals surface area (Å²) < 4.78 is 0. The summed E-state index contributed by atoms with van der Waals surface area (Å²) in [6.07, 6.45) is 3.50. The Morgan fingerprint density at radius 2 is 2.10 bits per heavy atom. The number of piperidine rings is 1. The lowest BCUT2D eigenvalue weighted by atomic mass is 9.87. The van der Waals surface area contributed by atoms with Crippen LogP contribution in [0.2, 0.25) is 0 Å². The summed E-state index contributed by atoms with van der Waals surface area (Å²) in [4.78, 5) is 36.9. The number of hydrogen-bond acceptors (Lipinski definition) is 5. The van der Waals surface area contributed by atoms with Crippen LogP contribution >= 0.6 is 11.8 Å². The van der Waals surface area contributed by atoms with Gasteiger partial charge in [-0.2, -0.15) is 11.8 Å². The molecule has 0 saturated carbocycles. The van der Waals surface area contributed by atoms with E-state index in [1.165, 1.54) is 0 Å². The molecule has 0 radical (unpaired) electrons. The third-order valence-corrected chi connectivity index (χ3v) is 4.54. The van der Waals surface area contributed by atoms with Crippen LogP contribution in [0.3, 0.4) is 0 Å². The third-order valence-electron chi connectivity index (χ3n) is 3.89. The van der Waals surface area contributed by atoms with E-state index in [1.807, 2.05) is 6.26 Å². The highest BCUT2D eigenvalue weighted by atomic mass is 32.2. The number of hydrogen-bond donors (Lipinski definition) is 3. The third kappa shape index (κ3) is 2.90. The van der Waals surface area contributed by atoms with Crippen LogP contribution < -0.4 is 16.4 Å². The molecular weight excluding hydrogens is 280 g/mol. The first-order valence-corrected chi connectivity index (χ1v) is 8.05. The van der Waals surface area contributed by atoms with Gasteiger partial charge >= 0.3 is 6.03 Å². The van der Waals surface area contributed by atoms with Gasteiger partial charge in [-0.3, -0.25) is 14.9 Å². The van der Waals surface area contributed by atoms with Crippen molar-refractivity contribution in [3.8, 4) is 0 Å². The van der Waals surface area contributed by atoms with Crippen LogP contribution in [0.4, 0.5) is 4.79 Å². The molecule has 0 aromatic carbocycles. The molecule has 112 valence electrons. The second kappa shape index (κ2) is 6.01. The molecule has 0 aromatic rings. The van der Waals surface area contributed by atoms with Crippen molar-refractivity contribution < 1.29 is 14.4 Å². The Morgan fingerprint density at radius 3 is 2.60 bits per heavy atom. The molecule has 0 aromatic heterocycles. The van der Waals surface area contributed by atoms with E-state index in [4.69, 9.17) is 5.73 Å². The van der Waals surface area contributed by atoms with Crippen LogP contribution in [-0.2, 0) is 9.59 Å². The van der Waals surface area contributed by atoms with E-state index in [2.05, 4.69) is 10.6 Å². The number of nitrogens with two attached hydrogens (primary N) is 1. The molecule has 2 saturated heterocycles. The lowest BCUT2D eigenvalue weighted by molar-refractivity contribution is -0.136. The van der Waals surface area contributed by atoms with E-state index in [0.29, 0.717) is 32.4 Å². The van der Waals surface area contributed by atoms with E-state index < -0.39 is 17.6 Å². The van der Waals surface area contributed by atoms with Gasteiger partial charge in [0.1, 0.15) is 5.54 Å². The molecular formula is C12H20N4O3S. The fraction of sp³-hybridized carbons (Fsp3) is 0.750. The van der Waals surface area contributed by atoms with Gasteiger partial charge in [-0.1, -0.05) is 0 Å². The minimum absolute atomic E-state index is 0.0707. The highest BCUT2D eigenvalue weighted by Crippen LogP contribution is 2.25. The molecule has 1 atom stereocenters. The summed E-state index contributed by atoms with van der Waals surface area (Å²) in [7, 11) is 0. The Balaban J connectivity index is 1.89. The van der Waals surface area contributed by atoms with Gasteiger partial charge in [-0.15, -0.1) is 0 Å². The maximum Gasteiger partial charge on any atom is 0.322 e. The van der Waals surface area contributed by atoms with Gasteiger partial charge in [0.15, 0.2) is 0 Å². The van der Waals surface area contributed by atoms with Crippen LogP contribution in [-0.4, -0.2) is 59.4 Å². The largest absolute Gasteiger partial charge is 0.341 e. The van der Waals surface area contributed by atoms with E-state index in [9.17, 15) is 14.4 Å². The average Bonchev–Trinajstić information content (AvgIpc) is 2.70. The average molecular weight is 300 g/mol. The van der Waals surface area contributed by atoms with Gasteiger partial charge in [0.25, 0.3) is 5.91 Å². The molecule has 0 unspecified atom stereocenters. The summed E-state index contributed by atoms with van der Waals surface area (Å²) in [5.41, 5.74) is 5.04. The maximum absolute atomic E-state index is 12.2. The lowest BCUT2D eigenvalue weighted by Crippen LogP contribution is -2.57. The van der Waals surface area contributed by atoms with Crippen molar-refractivity contribution in [2.24, 2.45) is 5.73 Å². The van der Waals surface area contributed by atoms with E-state index >= 15 is 0 Å². The van der Waals surface area contributed by atoms with Gasteiger partial charge in [0.05, 0.1) is 6.04 Å². The Kier molecular flexibility index (Phi) is 4.54. The highest BCUT2D eigenvalue weighted by Gasteiger charge is 2.48. The Bertz CT molecular complexity index is 421. The van der Waals surface area contributed by atoms with Crippen molar-refractivity contribution >= 4 is 29.6 Å². The highest BCUT2D eigenvalue weighted by molar-refractivity contribution is 7.98. The van der Waals surface area contributed by atoms with Crippen molar-refractivity contribution in [2.75, 3.05) is 25.1 Å². The van der Waals surface area contributed by atoms with Crippen molar-refractivity contribution in [2.45, 2.75) is 30.8 Å². The number of carbonyl (C=O) groups excluding carboxylic acids is 3. The van der Waals surface area contributed by atoms with Crippen LogP contribution in [0.15, 0.2) is 0 Å². The fourth-order valence-corrected chi connectivity index (χ4v) is 3.08. The quantitative estimate of drug-likeness (QED) is 0.594. The minimum Gasteiger partial charge on any atom is -0.341 e. The molecule has 0 aliphatic carbocycles. The Morgan fingerprint density at radius 1 is 1.45 bits per heavy atom. The van der Waals surface area contributed by atoms with Crippen LogP contribution in [0, 0.1) is 0 Å². The number of amides is 4. The van der Waals surface area contributed by atoms with E-state index in [0.717, 1.165) is 5.75 Å². The number of carbonyl (C=O) groups is 3. The van der Waals surface area contributed by atoms with Gasteiger partial charge in [-0.05, 0) is 31.3 Å². The first-order chi connectivity index (χ1) is 9.48. The van der Waals surface area contributed by atoms with Gasteiger partial charge in [-0.25, -0.2) is 4.79 Å². The second-order valence-electron chi connectivity index (χ2n) is 5.20. The summed E-state index contributed by atoms with van der Waals surface area (Å²) in [5, 5.41) is 4.92. The zero-order chi connectivity index (χ0) is 14.8. The van der Waals surface area contributed by atoms with Crippen molar-refractivity contribution in [1.29, 1.82) is 0 Å². The number of rotatable bonds is 4. The molecule has 1 spiro atoms. The smallest absolute Gasteiger partial charge is 0.322 e. The van der Waals surface area contributed by atoms with E-state index in [1.54, 1.807) is 16.7 Å². The monoisotopic (exact) mass is 300 g/mol. The molecule has 2 fully saturated rings. The molecule has 2 heterocycles. The fourth-order valence-electron chi connectivity index (χ4n) is 2.59. The first-order valence-electron chi connectivity index (χ1n) is 6.65. The predicted molar refractivity (Wildman–Crippen MR) is 76.2 cm³/mol. The molecule has 20 heavy (non-hydrogen) atoms. The van der Waals surface area contributed by atoms with Crippen LogP contribution in [0.1, 0.15) is 19.3 Å². The second-order valence-corrected chi connectivity index (χ2v) is 6.19. The van der Waals surface area contributed by atoms with Crippen LogP contribution in [0.5, 0.6) is 0 Å². The SMILES string of the molecule is CSCC[C@H](N)C(=O)N1CCC2(CC1)NC(=O)NC2=O. The maximum atomic E-state index is 12.2. The zero-order valence-electron chi connectivity index (χ0n) is 11.5. The number of imide groups is 1. The molecule has 2 aliphatic heterocycles. The normalized spacial score (nSPS) is 22.6. The molecule has 0 bridgehead atoms. The lowest BCUT2D eigenvalue weighted by Gasteiger charge is -2.37. The van der Waals surface area contributed by atoms with Gasteiger partial charge < -0.3 is 16.0 Å². The number of nitrogens with zero attached hydrogens (tertiary/aromatic N) is 1. The van der Waals surface area contributed by atoms with E-state index in [-0.39, 0.29) is 11.8 Å². The number of likely N-dealkylation sites (tertiary alicyclic amines) is 1. The van der Waals surface area contributed by atoms with Crippen molar-refractivity contribution in [3.05, 3.63) is 0 Å². The van der Waals surface area contributed by atoms with Gasteiger partial charge in [0, 0.05) is 13.1 Å². The molecule has 4 N–H and O–H groups in total. The summed E-state index contributed by atoms with van der Waals surface area (Å²) in [6, 6.07) is -0.935. The zero-order valence-corrected chi connectivity index (χ0v) is 12.3. The molecule has 7 nitrogen and oxygen atoms in total. The predicted octanol–water partition coefficient (Wildman–Crippen LogP) is -0.733. The minimum atomic E-state index is -0.836. The van der Waals surface area contributed by atoms with Gasteiger partial charge in [0.2, 0.25) is 5.91 Å². The molecule has 8 heteroatoms. The topological polar surface area (TPSA) is 105 Å². The summed E-state index contributed by atoms with van der Waals surface area (Å²) in [5.74, 6) is 0.489. The molecule has 4 amide bonds. The Labute approximate surface area is 122 Å². The number of nitrogens with one attached hydrogen (secondary N) is 2. The summed E-state index contributed by atoms with van der Waals surface area (Å²) >= 11 is 1.66. The molecule has 2 aliphatic rings. The molecule has 2 rings (SSSR count).